The van der Waals surface area contributed by atoms with Crippen molar-refractivity contribution < 1.29 is 4.79 Å². The fraction of sp³-hybridized carbons (Fsp3) is 0.588. The number of nitrogens with zero attached hydrogens (tertiary/aromatic N) is 1. The minimum Gasteiger partial charge on any atom is -0.340 e. The van der Waals surface area contributed by atoms with Crippen molar-refractivity contribution >= 4 is 5.91 Å². The SMILES string of the molecule is CC(C)CCN(C(=O)CC(N)c1ccccc1)C1CC1. The summed E-state index contributed by atoms with van der Waals surface area (Å²) >= 11 is 0. The molecule has 1 aromatic carbocycles. The highest BCUT2D eigenvalue weighted by Crippen LogP contribution is 2.29. The van der Waals surface area contributed by atoms with E-state index >= 15 is 0 Å². The normalized spacial score (nSPS) is 16.2. The average molecular weight is 274 g/mol. The molecule has 1 amide bonds. The van der Waals surface area contributed by atoms with Gasteiger partial charge < -0.3 is 10.6 Å². The Kier molecular flexibility index (Phi) is 5.18. The summed E-state index contributed by atoms with van der Waals surface area (Å²) < 4.78 is 0. The second-order valence-electron chi connectivity index (χ2n) is 6.22. The van der Waals surface area contributed by atoms with E-state index < -0.39 is 0 Å². The summed E-state index contributed by atoms with van der Waals surface area (Å²) in [5.74, 6) is 0.844. The van der Waals surface area contributed by atoms with Gasteiger partial charge in [-0.2, -0.15) is 0 Å². The third-order valence-electron chi connectivity index (χ3n) is 3.88. The number of nitrogens with two attached hydrogens (primary N) is 1. The quantitative estimate of drug-likeness (QED) is 0.830. The number of carbonyl (C=O) groups excluding carboxylic acids is 1. The van der Waals surface area contributed by atoms with Crippen LogP contribution in [0, 0.1) is 5.92 Å². The molecule has 3 nitrogen and oxygen atoms in total. The third kappa shape index (κ3) is 4.34. The van der Waals surface area contributed by atoms with Gasteiger partial charge in [0.2, 0.25) is 5.91 Å². The van der Waals surface area contributed by atoms with Gasteiger partial charge in [0.05, 0.1) is 0 Å². The number of hydrogen-bond acceptors (Lipinski definition) is 2. The van der Waals surface area contributed by atoms with E-state index in [2.05, 4.69) is 18.7 Å². The van der Waals surface area contributed by atoms with Crippen molar-refractivity contribution in [1.29, 1.82) is 0 Å². The summed E-state index contributed by atoms with van der Waals surface area (Å²) in [5.41, 5.74) is 7.20. The Morgan fingerprint density at radius 2 is 1.95 bits per heavy atom. The highest BCUT2D eigenvalue weighted by molar-refractivity contribution is 5.77. The number of carbonyl (C=O) groups is 1. The van der Waals surface area contributed by atoms with Crippen LogP contribution in [0.25, 0.3) is 0 Å². The van der Waals surface area contributed by atoms with E-state index in [9.17, 15) is 4.79 Å². The second-order valence-corrected chi connectivity index (χ2v) is 6.22. The maximum absolute atomic E-state index is 12.5. The maximum Gasteiger partial charge on any atom is 0.224 e. The predicted molar refractivity (Wildman–Crippen MR) is 82.2 cm³/mol. The maximum atomic E-state index is 12.5. The van der Waals surface area contributed by atoms with E-state index in [0.29, 0.717) is 18.4 Å². The van der Waals surface area contributed by atoms with Crippen LogP contribution in [0.3, 0.4) is 0 Å². The van der Waals surface area contributed by atoms with Gasteiger partial charge in [0.1, 0.15) is 0 Å². The largest absolute Gasteiger partial charge is 0.340 e. The monoisotopic (exact) mass is 274 g/mol. The van der Waals surface area contributed by atoms with Crippen molar-refractivity contribution in [1.82, 2.24) is 4.90 Å². The minimum absolute atomic E-state index is 0.191. The molecule has 1 aliphatic rings. The van der Waals surface area contributed by atoms with Gasteiger partial charge in [-0.15, -0.1) is 0 Å². The zero-order chi connectivity index (χ0) is 14.5. The molecule has 0 saturated heterocycles. The lowest BCUT2D eigenvalue weighted by Crippen LogP contribution is -2.36. The summed E-state index contributed by atoms with van der Waals surface area (Å²) in [7, 11) is 0. The zero-order valence-corrected chi connectivity index (χ0v) is 12.6. The van der Waals surface area contributed by atoms with Crippen LogP contribution in [0.2, 0.25) is 0 Å². The van der Waals surface area contributed by atoms with Gasteiger partial charge in [0.25, 0.3) is 0 Å². The summed E-state index contributed by atoms with van der Waals surface area (Å²) in [6.07, 6.45) is 3.80. The Balaban J connectivity index is 1.91. The van der Waals surface area contributed by atoms with Crippen LogP contribution in [-0.4, -0.2) is 23.4 Å². The Bertz CT molecular complexity index is 426. The lowest BCUT2D eigenvalue weighted by molar-refractivity contribution is -0.132. The lowest BCUT2D eigenvalue weighted by Gasteiger charge is -2.25. The van der Waals surface area contributed by atoms with E-state index in [1.54, 1.807) is 0 Å². The summed E-state index contributed by atoms with van der Waals surface area (Å²) in [5, 5.41) is 0. The zero-order valence-electron chi connectivity index (χ0n) is 12.6. The molecule has 0 aliphatic heterocycles. The van der Waals surface area contributed by atoms with Gasteiger partial charge in [-0.1, -0.05) is 44.2 Å². The number of hydrogen-bond donors (Lipinski definition) is 1. The van der Waals surface area contributed by atoms with Crippen LogP contribution in [0.1, 0.15) is 51.1 Å². The molecule has 0 radical (unpaired) electrons. The standard InChI is InChI=1S/C17H26N2O/c1-13(2)10-11-19(15-8-9-15)17(20)12-16(18)14-6-4-3-5-7-14/h3-7,13,15-16H,8-12,18H2,1-2H3. The first-order valence-corrected chi connectivity index (χ1v) is 7.68. The number of amides is 1. The van der Waals surface area contributed by atoms with Crippen molar-refractivity contribution in [2.24, 2.45) is 11.7 Å². The number of benzene rings is 1. The molecule has 2 N–H and O–H groups in total. The van der Waals surface area contributed by atoms with Crippen molar-refractivity contribution in [2.75, 3.05) is 6.54 Å². The Morgan fingerprint density at radius 3 is 2.50 bits per heavy atom. The molecule has 0 aromatic heterocycles. The molecule has 0 bridgehead atoms. The first-order chi connectivity index (χ1) is 9.58. The molecule has 110 valence electrons. The van der Waals surface area contributed by atoms with Crippen LogP contribution in [0.15, 0.2) is 30.3 Å². The van der Waals surface area contributed by atoms with Crippen LogP contribution < -0.4 is 5.73 Å². The fourth-order valence-corrected chi connectivity index (χ4v) is 2.42. The molecule has 1 aliphatic carbocycles. The summed E-state index contributed by atoms with van der Waals surface area (Å²) in [4.78, 5) is 14.5. The molecule has 2 rings (SSSR count). The first kappa shape index (κ1) is 15.0. The predicted octanol–water partition coefficient (Wildman–Crippen LogP) is 3.11. The van der Waals surface area contributed by atoms with Gasteiger partial charge in [-0.3, -0.25) is 4.79 Å². The minimum atomic E-state index is -0.191. The fourth-order valence-electron chi connectivity index (χ4n) is 2.42. The molecule has 0 heterocycles. The topological polar surface area (TPSA) is 46.3 Å². The molecular weight excluding hydrogens is 248 g/mol. The van der Waals surface area contributed by atoms with Crippen molar-refractivity contribution in [3.63, 3.8) is 0 Å². The van der Waals surface area contributed by atoms with Crippen LogP contribution in [0.4, 0.5) is 0 Å². The van der Waals surface area contributed by atoms with E-state index in [1.165, 1.54) is 0 Å². The molecule has 0 spiro atoms. The molecule has 20 heavy (non-hydrogen) atoms. The smallest absolute Gasteiger partial charge is 0.224 e. The molecule has 1 aromatic rings. The van der Waals surface area contributed by atoms with Crippen LogP contribution in [0.5, 0.6) is 0 Å². The van der Waals surface area contributed by atoms with E-state index in [0.717, 1.165) is 31.4 Å². The molecule has 1 unspecified atom stereocenters. The summed E-state index contributed by atoms with van der Waals surface area (Å²) in [6.45, 7) is 5.28. The second kappa shape index (κ2) is 6.89. The van der Waals surface area contributed by atoms with Gasteiger partial charge in [0, 0.05) is 25.0 Å². The highest BCUT2D eigenvalue weighted by atomic mass is 16.2. The van der Waals surface area contributed by atoms with E-state index in [4.69, 9.17) is 5.73 Å². The molecule has 1 fully saturated rings. The van der Waals surface area contributed by atoms with Gasteiger partial charge in [0.15, 0.2) is 0 Å². The number of rotatable bonds is 7. The van der Waals surface area contributed by atoms with Crippen LogP contribution in [-0.2, 0) is 4.79 Å². The third-order valence-corrected chi connectivity index (χ3v) is 3.88. The Labute approximate surface area is 122 Å². The molecule has 1 saturated carbocycles. The Hall–Kier alpha value is -1.35. The van der Waals surface area contributed by atoms with Crippen molar-refractivity contribution in [3.8, 4) is 0 Å². The van der Waals surface area contributed by atoms with Crippen LogP contribution >= 0.6 is 0 Å². The Morgan fingerprint density at radius 1 is 1.30 bits per heavy atom. The van der Waals surface area contributed by atoms with Crippen molar-refractivity contribution in [2.45, 2.75) is 51.6 Å². The average Bonchev–Trinajstić information content (AvgIpc) is 3.24. The van der Waals surface area contributed by atoms with Crippen molar-refractivity contribution in [3.05, 3.63) is 35.9 Å². The molecular formula is C17H26N2O. The molecule has 1 atom stereocenters. The molecule has 3 heteroatoms. The van der Waals surface area contributed by atoms with E-state index in [1.807, 2.05) is 30.3 Å². The van der Waals surface area contributed by atoms with Gasteiger partial charge in [-0.25, -0.2) is 0 Å². The highest BCUT2D eigenvalue weighted by Gasteiger charge is 2.32. The van der Waals surface area contributed by atoms with Gasteiger partial charge >= 0.3 is 0 Å². The lowest BCUT2D eigenvalue weighted by atomic mass is 10.0. The summed E-state index contributed by atoms with van der Waals surface area (Å²) in [6, 6.07) is 10.2. The first-order valence-electron chi connectivity index (χ1n) is 7.68. The van der Waals surface area contributed by atoms with Gasteiger partial charge in [-0.05, 0) is 30.7 Å². The van der Waals surface area contributed by atoms with E-state index in [-0.39, 0.29) is 11.9 Å².